The molecule has 0 atom stereocenters. The van der Waals surface area contributed by atoms with Crippen LogP contribution in [0.4, 0.5) is 0 Å². The van der Waals surface area contributed by atoms with E-state index < -0.39 is 5.97 Å². The van der Waals surface area contributed by atoms with Crippen molar-refractivity contribution in [2.75, 3.05) is 0 Å². The molecule has 0 aromatic rings. The fraction of sp³-hybridized carbons (Fsp3) is 0.833. The topological polar surface area (TPSA) is 37.3 Å². The summed E-state index contributed by atoms with van der Waals surface area (Å²) in [5, 5.41) is 8.95. The Hall–Kier alpha value is -0.790. The van der Waals surface area contributed by atoms with Gasteiger partial charge < -0.3 is 5.11 Å². The van der Waals surface area contributed by atoms with Crippen LogP contribution in [0, 0.1) is 17.3 Å². The summed E-state index contributed by atoms with van der Waals surface area (Å²) in [5.41, 5.74) is 0.960. The van der Waals surface area contributed by atoms with Crippen LogP contribution in [0.5, 0.6) is 0 Å². The molecule has 0 saturated heterocycles. The zero-order valence-corrected chi connectivity index (χ0v) is 13.7. The molecular formula is C18H32O2. The summed E-state index contributed by atoms with van der Waals surface area (Å²) in [7, 11) is 0. The molecule has 1 N–H and O–H groups in total. The maximum Gasteiger partial charge on any atom is 0.330 e. The molecule has 116 valence electrons. The van der Waals surface area contributed by atoms with Gasteiger partial charge in [-0.15, -0.1) is 0 Å². The number of carboxylic acids is 1. The Labute approximate surface area is 124 Å². The second-order valence-corrected chi connectivity index (χ2v) is 7.21. The molecule has 1 saturated carbocycles. The monoisotopic (exact) mass is 280 g/mol. The molecule has 2 nitrogen and oxygen atoms in total. The molecule has 0 aromatic heterocycles. The lowest BCUT2D eigenvalue weighted by atomic mass is 9.66. The molecule has 0 bridgehead atoms. The van der Waals surface area contributed by atoms with Gasteiger partial charge in [0.1, 0.15) is 0 Å². The highest BCUT2D eigenvalue weighted by Crippen LogP contribution is 2.43. The van der Waals surface area contributed by atoms with Gasteiger partial charge in [0.25, 0.3) is 0 Å². The first kappa shape index (κ1) is 17.3. The first-order chi connectivity index (χ1) is 9.36. The minimum absolute atomic E-state index is 0.450. The molecule has 0 amide bonds. The molecule has 0 spiro atoms. The van der Waals surface area contributed by atoms with Crippen LogP contribution in [0.15, 0.2) is 11.6 Å². The van der Waals surface area contributed by atoms with Gasteiger partial charge in [0.2, 0.25) is 0 Å². The van der Waals surface area contributed by atoms with E-state index in [0.29, 0.717) is 16.9 Å². The Morgan fingerprint density at radius 3 is 2.30 bits per heavy atom. The van der Waals surface area contributed by atoms with E-state index in [0.717, 1.165) is 18.8 Å². The lowest BCUT2D eigenvalue weighted by Gasteiger charge is -2.39. The third-order valence-electron chi connectivity index (χ3n) is 5.12. The van der Waals surface area contributed by atoms with Crippen molar-refractivity contribution >= 4 is 5.97 Å². The highest BCUT2D eigenvalue weighted by atomic mass is 16.4. The maximum absolute atomic E-state index is 10.9. The number of rotatable bonds is 7. The van der Waals surface area contributed by atoms with Gasteiger partial charge in [-0.25, -0.2) is 4.79 Å². The molecule has 1 aliphatic carbocycles. The van der Waals surface area contributed by atoms with Crippen LogP contribution in [-0.2, 0) is 4.79 Å². The van der Waals surface area contributed by atoms with Gasteiger partial charge in [0.05, 0.1) is 0 Å². The van der Waals surface area contributed by atoms with Crippen molar-refractivity contribution < 1.29 is 9.90 Å². The first-order valence-electron chi connectivity index (χ1n) is 8.28. The van der Waals surface area contributed by atoms with Crippen molar-refractivity contribution in [1.82, 2.24) is 0 Å². The third-order valence-corrected chi connectivity index (χ3v) is 5.12. The molecule has 1 rings (SSSR count). The average molecular weight is 280 g/mol. The van der Waals surface area contributed by atoms with Crippen molar-refractivity contribution in [3.8, 4) is 0 Å². The summed E-state index contributed by atoms with van der Waals surface area (Å²) < 4.78 is 0. The third kappa shape index (κ3) is 5.30. The van der Waals surface area contributed by atoms with Gasteiger partial charge in [-0.05, 0) is 56.3 Å². The summed E-state index contributed by atoms with van der Waals surface area (Å²) in [5.74, 6) is 0.523. The van der Waals surface area contributed by atoms with E-state index in [9.17, 15) is 4.79 Å². The zero-order valence-electron chi connectivity index (χ0n) is 13.7. The van der Waals surface area contributed by atoms with Crippen LogP contribution in [0.25, 0.3) is 0 Å². The molecule has 0 aromatic carbocycles. The SMILES string of the molecule is CCCCCC(C)(C)C1CCC(C=C(C)C(=O)O)CC1. The molecular weight excluding hydrogens is 248 g/mol. The van der Waals surface area contributed by atoms with Gasteiger partial charge in [-0.2, -0.15) is 0 Å². The lowest BCUT2D eigenvalue weighted by molar-refractivity contribution is -0.132. The zero-order chi connectivity index (χ0) is 15.2. The fourth-order valence-electron chi connectivity index (χ4n) is 3.53. The van der Waals surface area contributed by atoms with E-state index in [-0.39, 0.29) is 0 Å². The number of carboxylic acid groups (broad SMARTS) is 1. The van der Waals surface area contributed by atoms with Crippen LogP contribution < -0.4 is 0 Å². The molecule has 0 heterocycles. The number of aliphatic carboxylic acids is 1. The Kier molecular flexibility index (Phi) is 6.78. The highest BCUT2D eigenvalue weighted by Gasteiger charge is 2.32. The standard InChI is InChI=1S/C18H32O2/c1-5-6-7-12-18(3,4)16-10-8-15(9-11-16)13-14(2)17(19)20/h13,15-16H,5-12H2,1-4H3,(H,19,20). The summed E-state index contributed by atoms with van der Waals surface area (Å²) >= 11 is 0. The van der Waals surface area contributed by atoms with Crippen molar-refractivity contribution in [2.45, 2.75) is 79.1 Å². The minimum atomic E-state index is -0.771. The summed E-state index contributed by atoms with van der Waals surface area (Å²) in [4.78, 5) is 10.9. The van der Waals surface area contributed by atoms with Crippen LogP contribution in [0.1, 0.15) is 79.1 Å². The smallest absolute Gasteiger partial charge is 0.330 e. The maximum atomic E-state index is 10.9. The number of hydrogen-bond acceptors (Lipinski definition) is 1. The molecule has 20 heavy (non-hydrogen) atoms. The molecule has 2 heteroatoms. The second kappa shape index (κ2) is 7.85. The fourth-order valence-corrected chi connectivity index (χ4v) is 3.53. The Morgan fingerprint density at radius 2 is 1.80 bits per heavy atom. The second-order valence-electron chi connectivity index (χ2n) is 7.21. The predicted octanol–water partition coefficient (Wildman–Crippen LogP) is 5.43. The minimum Gasteiger partial charge on any atom is -0.478 e. The van der Waals surface area contributed by atoms with Gasteiger partial charge >= 0.3 is 5.97 Å². The van der Waals surface area contributed by atoms with E-state index >= 15 is 0 Å². The van der Waals surface area contributed by atoms with Gasteiger partial charge in [0, 0.05) is 5.57 Å². The van der Waals surface area contributed by atoms with Crippen molar-refractivity contribution in [2.24, 2.45) is 17.3 Å². The Morgan fingerprint density at radius 1 is 1.20 bits per heavy atom. The molecule has 0 radical (unpaired) electrons. The van der Waals surface area contributed by atoms with Crippen LogP contribution in [0.2, 0.25) is 0 Å². The number of hydrogen-bond donors (Lipinski definition) is 1. The van der Waals surface area contributed by atoms with E-state index in [1.54, 1.807) is 6.92 Å². The number of unbranched alkanes of at least 4 members (excludes halogenated alkanes) is 2. The van der Waals surface area contributed by atoms with E-state index in [2.05, 4.69) is 20.8 Å². The highest BCUT2D eigenvalue weighted by molar-refractivity contribution is 5.85. The van der Waals surface area contributed by atoms with E-state index in [1.165, 1.54) is 38.5 Å². The molecule has 1 fully saturated rings. The quantitative estimate of drug-likeness (QED) is 0.498. The van der Waals surface area contributed by atoms with Crippen LogP contribution >= 0.6 is 0 Å². The van der Waals surface area contributed by atoms with Gasteiger partial charge in [0.15, 0.2) is 0 Å². The molecule has 0 aliphatic heterocycles. The Bertz CT molecular complexity index is 333. The Balaban J connectivity index is 2.45. The average Bonchev–Trinajstić information content (AvgIpc) is 2.39. The van der Waals surface area contributed by atoms with Gasteiger partial charge in [-0.1, -0.05) is 46.1 Å². The first-order valence-corrected chi connectivity index (χ1v) is 8.28. The summed E-state index contributed by atoms with van der Waals surface area (Å²) in [6.07, 6.45) is 12.1. The summed E-state index contributed by atoms with van der Waals surface area (Å²) in [6.45, 7) is 8.82. The van der Waals surface area contributed by atoms with Gasteiger partial charge in [-0.3, -0.25) is 0 Å². The van der Waals surface area contributed by atoms with Crippen LogP contribution in [-0.4, -0.2) is 11.1 Å². The van der Waals surface area contributed by atoms with Crippen molar-refractivity contribution in [3.63, 3.8) is 0 Å². The van der Waals surface area contributed by atoms with E-state index in [4.69, 9.17) is 5.11 Å². The lowest BCUT2D eigenvalue weighted by Crippen LogP contribution is -2.28. The molecule has 1 aliphatic rings. The van der Waals surface area contributed by atoms with Crippen LogP contribution in [0.3, 0.4) is 0 Å². The van der Waals surface area contributed by atoms with E-state index in [1.807, 2.05) is 6.08 Å². The molecule has 0 unspecified atom stereocenters. The van der Waals surface area contributed by atoms with Crippen molar-refractivity contribution in [3.05, 3.63) is 11.6 Å². The number of allylic oxidation sites excluding steroid dienone is 1. The summed E-state index contributed by atoms with van der Waals surface area (Å²) in [6, 6.07) is 0. The predicted molar refractivity (Wildman–Crippen MR) is 84.8 cm³/mol. The number of carbonyl (C=O) groups is 1. The largest absolute Gasteiger partial charge is 0.478 e. The van der Waals surface area contributed by atoms with Crippen molar-refractivity contribution in [1.29, 1.82) is 0 Å². The normalized spacial score (nSPS) is 24.7.